The molecule has 6 heteroatoms. The number of carbonyl (C=O) groups is 1. The fourth-order valence-electron chi connectivity index (χ4n) is 2.81. The van der Waals surface area contributed by atoms with Gasteiger partial charge in [-0.1, -0.05) is 39.0 Å². The number of carboxylic acid groups (broad SMARTS) is 1. The average molecular weight is 354 g/mol. The summed E-state index contributed by atoms with van der Waals surface area (Å²) >= 11 is 0. The minimum atomic E-state index is -3.93. The number of benzene rings is 1. The first-order valence-electron chi connectivity index (χ1n) is 7.67. The molecule has 1 aromatic carbocycles. The first kappa shape index (κ1) is 20.2. The van der Waals surface area contributed by atoms with Gasteiger partial charge in [0.05, 0.1) is 12.9 Å². The summed E-state index contributed by atoms with van der Waals surface area (Å²) in [5.74, 6) is -1.06. The number of hydrogen-bond donors (Lipinski definition) is 1. The zero-order chi connectivity index (χ0) is 18.6. The summed E-state index contributed by atoms with van der Waals surface area (Å²) in [6.45, 7) is 8.96. The van der Waals surface area contributed by atoms with Crippen LogP contribution < -0.4 is 4.74 Å². The highest BCUT2D eigenvalue weighted by Crippen LogP contribution is 2.37. The average Bonchev–Trinajstić information content (AvgIpc) is 2.45. The summed E-state index contributed by atoms with van der Waals surface area (Å²) in [6.07, 6.45) is 1.15. The number of rotatable bonds is 8. The Balaban J connectivity index is 3.44. The number of carboxylic acids is 1. The van der Waals surface area contributed by atoms with Gasteiger partial charge in [0.2, 0.25) is 0 Å². The van der Waals surface area contributed by atoms with Crippen LogP contribution in [0.2, 0.25) is 0 Å². The van der Waals surface area contributed by atoms with Crippen molar-refractivity contribution in [2.45, 2.75) is 38.4 Å². The third kappa shape index (κ3) is 4.60. The van der Waals surface area contributed by atoms with Gasteiger partial charge in [-0.05, 0) is 29.5 Å². The lowest BCUT2D eigenvalue weighted by Gasteiger charge is -2.34. The molecule has 0 bridgehead atoms. The molecule has 0 aliphatic rings. The van der Waals surface area contributed by atoms with Gasteiger partial charge in [-0.15, -0.1) is 6.58 Å². The summed E-state index contributed by atoms with van der Waals surface area (Å²) in [4.78, 5) is 12.1. The lowest BCUT2D eigenvalue weighted by molar-refractivity contribution is -0.141. The maximum atomic E-state index is 12.8. The largest absolute Gasteiger partial charge is 0.497 e. The predicted molar refractivity (Wildman–Crippen MR) is 95.1 cm³/mol. The zero-order valence-corrected chi connectivity index (χ0v) is 15.5. The van der Waals surface area contributed by atoms with E-state index in [1.54, 1.807) is 24.3 Å². The molecule has 1 N–H and O–H groups in total. The van der Waals surface area contributed by atoms with Gasteiger partial charge in [-0.3, -0.25) is 4.79 Å². The molecule has 1 unspecified atom stereocenters. The van der Waals surface area contributed by atoms with Crippen LogP contribution in [-0.2, 0) is 21.1 Å². The summed E-state index contributed by atoms with van der Waals surface area (Å²) < 4.78 is 28.8. The molecule has 1 aromatic rings. The molecule has 0 radical (unpaired) electrons. The van der Waals surface area contributed by atoms with E-state index in [-0.39, 0.29) is 18.6 Å². The number of methoxy groups -OCH3 is 1. The van der Waals surface area contributed by atoms with Crippen molar-refractivity contribution in [3.05, 3.63) is 42.5 Å². The van der Waals surface area contributed by atoms with Crippen molar-refractivity contribution in [3.8, 4) is 5.75 Å². The van der Waals surface area contributed by atoms with Crippen molar-refractivity contribution in [1.82, 2.24) is 0 Å². The molecule has 0 spiro atoms. The Hall–Kier alpha value is -1.82. The van der Waals surface area contributed by atoms with Crippen LogP contribution >= 0.6 is 0 Å². The molecule has 1 atom stereocenters. The van der Waals surface area contributed by atoms with Gasteiger partial charge < -0.3 is 9.84 Å². The Bertz CT molecular complexity index is 683. The Morgan fingerprint density at radius 1 is 1.25 bits per heavy atom. The normalized spacial score (nSPS) is 14.7. The molecule has 0 saturated carbocycles. The number of aliphatic carboxylic acids is 1. The molecule has 5 nitrogen and oxygen atoms in total. The topological polar surface area (TPSA) is 80.7 Å². The summed E-state index contributed by atoms with van der Waals surface area (Å²) in [6, 6.07) is 6.78. The van der Waals surface area contributed by atoms with Crippen LogP contribution in [0, 0.1) is 5.41 Å². The fourth-order valence-corrected chi connectivity index (χ4v) is 4.75. The molecular formula is C18H26O5S. The summed E-state index contributed by atoms with van der Waals surface area (Å²) in [5, 5.41) is 9.87. The van der Waals surface area contributed by atoms with Crippen molar-refractivity contribution in [2.75, 3.05) is 12.9 Å². The van der Waals surface area contributed by atoms with E-state index in [2.05, 4.69) is 6.58 Å². The Morgan fingerprint density at radius 3 is 2.17 bits per heavy atom. The van der Waals surface area contributed by atoms with Crippen molar-refractivity contribution in [2.24, 2.45) is 5.41 Å². The SMILES string of the molecule is C=CCS(=O)(=O)C(Cc1ccc(OC)cc1)(CC(C)(C)C)C(=O)O. The smallest absolute Gasteiger partial charge is 0.325 e. The van der Waals surface area contributed by atoms with Crippen molar-refractivity contribution >= 4 is 15.8 Å². The molecular weight excluding hydrogens is 328 g/mol. The predicted octanol–water partition coefficient (Wildman–Crippen LogP) is 3.10. The molecule has 0 saturated heterocycles. The van der Waals surface area contributed by atoms with Crippen LogP contribution in [0.25, 0.3) is 0 Å². The number of hydrogen-bond acceptors (Lipinski definition) is 4. The second-order valence-corrected chi connectivity index (χ2v) is 9.48. The molecule has 24 heavy (non-hydrogen) atoms. The maximum Gasteiger partial charge on any atom is 0.325 e. The van der Waals surface area contributed by atoms with E-state index in [1.165, 1.54) is 13.2 Å². The molecule has 134 valence electrons. The Kier molecular flexibility index (Phi) is 6.22. The lowest BCUT2D eigenvalue weighted by atomic mass is 9.81. The second-order valence-electron chi connectivity index (χ2n) is 7.13. The molecule has 1 rings (SSSR count). The van der Waals surface area contributed by atoms with Crippen molar-refractivity contribution in [1.29, 1.82) is 0 Å². The van der Waals surface area contributed by atoms with Gasteiger partial charge in [0, 0.05) is 6.42 Å². The van der Waals surface area contributed by atoms with Crippen LogP contribution in [0.15, 0.2) is 36.9 Å². The molecule has 0 fully saturated rings. The second kappa shape index (κ2) is 7.38. The monoisotopic (exact) mass is 354 g/mol. The van der Waals surface area contributed by atoms with Gasteiger partial charge in [0.15, 0.2) is 14.6 Å². The van der Waals surface area contributed by atoms with Crippen molar-refractivity contribution < 1.29 is 23.1 Å². The summed E-state index contributed by atoms with van der Waals surface area (Å²) in [7, 11) is -2.40. The third-order valence-electron chi connectivity index (χ3n) is 3.79. The molecule has 0 aliphatic heterocycles. The number of ether oxygens (including phenoxy) is 1. The highest BCUT2D eigenvalue weighted by Gasteiger charge is 2.52. The van der Waals surface area contributed by atoms with Crippen LogP contribution in [0.4, 0.5) is 0 Å². The molecule has 0 heterocycles. The van der Waals surface area contributed by atoms with Crippen LogP contribution in [0.1, 0.15) is 32.8 Å². The fraction of sp³-hybridized carbons (Fsp3) is 0.500. The first-order valence-corrected chi connectivity index (χ1v) is 9.32. The maximum absolute atomic E-state index is 12.8. The van der Waals surface area contributed by atoms with Crippen molar-refractivity contribution in [3.63, 3.8) is 0 Å². The molecule has 0 amide bonds. The number of sulfone groups is 1. The van der Waals surface area contributed by atoms with Gasteiger partial charge in [-0.25, -0.2) is 8.42 Å². The van der Waals surface area contributed by atoms with E-state index in [9.17, 15) is 18.3 Å². The third-order valence-corrected chi connectivity index (χ3v) is 6.12. The Morgan fingerprint density at radius 2 is 1.79 bits per heavy atom. The molecule has 0 aromatic heterocycles. The van der Waals surface area contributed by atoms with Crippen LogP contribution in [-0.4, -0.2) is 37.1 Å². The highest BCUT2D eigenvalue weighted by atomic mass is 32.2. The summed E-state index contributed by atoms with van der Waals surface area (Å²) in [5.41, 5.74) is 0.161. The minimum absolute atomic E-state index is 0.0114. The van der Waals surface area contributed by atoms with Gasteiger partial charge in [0.1, 0.15) is 5.75 Å². The van der Waals surface area contributed by atoms with Gasteiger partial charge in [-0.2, -0.15) is 0 Å². The quantitative estimate of drug-likeness (QED) is 0.726. The van der Waals surface area contributed by atoms with E-state index in [1.807, 2.05) is 20.8 Å². The van der Waals surface area contributed by atoms with Gasteiger partial charge in [0.25, 0.3) is 0 Å². The van der Waals surface area contributed by atoms with E-state index >= 15 is 0 Å². The van der Waals surface area contributed by atoms with E-state index in [4.69, 9.17) is 4.74 Å². The van der Waals surface area contributed by atoms with E-state index in [0.29, 0.717) is 11.3 Å². The minimum Gasteiger partial charge on any atom is -0.497 e. The lowest BCUT2D eigenvalue weighted by Crippen LogP contribution is -2.51. The Labute approximate surface area is 144 Å². The highest BCUT2D eigenvalue weighted by molar-refractivity contribution is 7.93. The first-order chi connectivity index (χ1) is 11.0. The standard InChI is InChI=1S/C18H26O5S/c1-6-11-24(21,22)18(16(19)20,13-17(2,3)4)12-14-7-9-15(23-5)10-8-14/h6-10H,1,11-13H2,2-5H3,(H,19,20). The van der Waals surface area contributed by atoms with Crippen LogP contribution in [0.5, 0.6) is 5.75 Å². The van der Waals surface area contributed by atoms with Crippen LogP contribution in [0.3, 0.4) is 0 Å². The van der Waals surface area contributed by atoms with E-state index in [0.717, 1.165) is 0 Å². The van der Waals surface area contributed by atoms with E-state index < -0.39 is 26.0 Å². The zero-order valence-electron chi connectivity index (χ0n) is 14.7. The van der Waals surface area contributed by atoms with Gasteiger partial charge >= 0.3 is 5.97 Å². The molecule has 0 aliphatic carbocycles.